The average molecular weight is 112 g/mol. The first-order valence-electron chi connectivity index (χ1n) is 2.68. The van der Waals surface area contributed by atoms with Crippen LogP contribution in [0.4, 0.5) is 0 Å². The normalized spacial score (nSPS) is 8.25. The lowest BCUT2D eigenvalue weighted by Gasteiger charge is -1.84. The van der Waals surface area contributed by atoms with E-state index in [0.29, 0.717) is 6.42 Å². The lowest BCUT2D eigenvalue weighted by molar-refractivity contribution is -0.114. The van der Waals surface area contributed by atoms with Gasteiger partial charge in [0, 0.05) is 0 Å². The Morgan fingerprint density at radius 3 is 2.12 bits per heavy atom. The van der Waals surface area contributed by atoms with Crippen molar-refractivity contribution in [3.05, 3.63) is 0 Å². The van der Waals surface area contributed by atoms with Crippen molar-refractivity contribution in [1.29, 1.82) is 0 Å². The molecule has 0 saturated carbocycles. The molecule has 0 amide bonds. The Morgan fingerprint density at radius 1 is 1.50 bits per heavy atom. The summed E-state index contributed by atoms with van der Waals surface area (Å²) in [5.41, 5.74) is -0.0191. The third-order valence-electron chi connectivity index (χ3n) is 0.840. The first-order chi connectivity index (χ1) is 3.66. The van der Waals surface area contributed by atoms with Gasteiger partial charge in [-0.15, -0.1) is 0 Å². The van der Waals surface area contributed by atoms with Gasteiger partial charge in [0.1, 0.15) is 0 Å². The van der Waals surface area contributed by atoms with Crippen LogP contribution >= 0.6 is 0 Å². The van der Waals surface area contributed by atoms with Crippen LogP contribution in [0.1, 0.15) is 20.3 Å². The highest BCUT2D eigenvalue weighted by Crippen LogP contribution is 1.77. The van der Waals surface area contributed by atoms with Crippen molar-refractivity contribution in [2.45, 2.75) is 20.3 Å². The minimum atomic E-state index is -0.0446. The predicted molar refractivity (Wildman–Crippen MR) is 33.1 cm³/mol. The molecule has 0 saturated heterocycles. The van der Waals surface area contributed by atoms with Crippen LogP contribution < -0.4 is 0 Å². The number of carbonyl (C=O) groups is 2. The number of hydrogen-bond donors (Lipinski definition) is 0. The number of hydrogen-bond acceptors (Lipinski definition) is 2. The molecule has 0 atom stereocenters. The fraction of sp³-hybridized carbons (Fsp3) is 0.600. The Hall–Kier alpha value is -0.595. The molecule has 0 fully saturated rings. The third-order valence-corrected chi connectivity index (χ3v) is 0.840. The van der Waals surface area contributed by atoms with Crippen molar-refractivity contribution in [3.63, 3.8) is 0 Å². The Bertz CT molecular complexity index is 109. The first-order valence-corrected chi connectivity index (χ1v) is 2.68. The SMILES string of the molecule is CCC(=O)BC(C)=O. The monoisotopic (exact) mass is 112 g/mol. The molecule has 0 aliphatic rings. The van der Waals surface area contributed by atoms with Crippen LogP contribution in [0.15, 0.2) is 0 Å². The van der Waals surface area contributed by atoms with Crippen LogP contribution in [0, 0.1) is 0 Å². The molecule has 0 unspecified atom stereocenters. The molecule has 0 aliphatic heterocycles. The summed E-state index contributed by atoms with van der Waals surface area (Å²) in [5, 5.41) is 0. The van der Waals surface area contributed by atoms with Gasteiger partial charge >= 0.3 is 0 Å². The smallest absolute Gasteiger partial charge is 0.285 e. The van der Waals surface area contributed by atoms with Crippen LogP contribution in [0.25, 0.3) is 0 Å². The average Bonchev–Trinajstić information content (AvgIpc) is 1.65. The van der Waals surface area contributed by atoms with E-state index in [9.17, 15) is 9.59 Å². The van der Waals surface area contributed by atoms with Crippen molar-refractivity contribution in [2.24, 2.45) is 0 Å². The highest BCUT2D eigenvalue weighted by molar-refractivity contribution is 6.96. The van der Waals surface area contributed by atoms with Crippen molar-refractivity contribution in [2.75, 3.05) is 0 Å². The van der Waals surface area contributed by atoms with Crippen LogP contribution in [-0.4, -0.2) is 18.6 Å². The molecule has 0 spiro atoms. The van der Waals surface area contributed by atoms with Crippen molar-refractivity contribution < 1.29 is 9.59 Å². The van der Waals surface area contributed by atoms with Crippen molar-refractivity contribution in [3.8, 4) is 0 Å². The van der Waals surface area contributed by atoms with E-state index in [2.05, 4.69) is 0 Å². The van der Waals surface area contributed by atoms with Crippen LogP contribution in [0.5, 0.6) is 0 Å². The van der Waals surface area contributed by atoms with Gasteiger partial charge in [-0.25, -0.2) is 0 Å². The summed E-state index contributed by atoms with van der Waals surface area (Å²) in [4.78, 5) is 20.6. The highest BCUT2D eigenvalue weighted by atomic mass is 16.1. The summed E-state index contributed by atoms with van der Waals surface area (Å²) in [5.74, 6) is 0. The first kappa shape index (κ1) is 7.40. The maximum absolute atomic E-state index is 10.4. The summed E-state index contributed by atoms with van der Waals surface area (Å²) < 4.78 is 0. The van der Waals surface area contributed by atoms with Crippen LogP contribution in [-0.2, 0) is 9.59 Å². The van der Waals surface area contributed by atoms with E-state index in [0.717, 1.165) is 0 Å². The Labute approximate surface area is 49.5 Å². The van der Waals surface area contributed by atoms with Crippen LogP contribution in [0.2, 0.25) is 0 Å². The van der Waals surface area contributed by atoms with E-state index in [1.165, 1.54) is 6.92 Å². The molecule has 0 aliphatic carbocycles. The topological polar surface area (TPSA) is 34.1 Å². The molecular formula is C5H9BO2. The van der Waals surface area contributed by atoms with Gasteiger partial charge in [-0.3, -0.25) is 0 Å². The largest absolute Gasteiger partial charge is 0.311 e. The maximum atomic E-state index is 10.4. The zero-order valence-electron chi connectivity index (χ0n) is 5.23. The lowest BCUT2D eigenvalue weighted by Crippen LogP contribution is -2.15. The minimum Gasteiger partial charge on any atom is -0.311 e. The Morgan fingerprint density at radius 2 is 2.00 bits per heavy atom. The van der Waals surface area contributed by atoms with E-state index in [-0.39, 0.29) is 18.6 Å². The molecule has 0 aromatic carbocycles. The Balaban J connectivity index is 3.40. The van der Waals surface area contributed by atoms with Gasteiger partial charge < -0.3 is 9.59 Å². The third kappa shape index (κ3) is 3.59. The van der Waals surface area contributed by atoms with Crippen molar-refractivity contribution in [1.82, 2.24) is 0 Å². The van der Waals surface area contributed by atoms with Gasteiger partial charge in [-0.2, -0.15) is 0 Å². The van der Waals surface area contributed by atoms with E-state index in [1.807, 2.05) is 0 Å². The molecule has 44 valence electrons. The molecule has 0 aromatic rings. The molecule has 0 aromatic heterocycles. The Kier molecular flexibility index (Phi) is 3.16. The molecule has 0 N–H and O–H groups in total. The van der Waals surface area contributed by atoms with Crippen molar-refractivity contribution >= 4 is 18.6 Å². The molecule has 0 heterocycles. The van der Waals surface area contributed by atoms with Gasteiger partial charge in [-0.1, -0.05) is 6.92 Å². The van der Waals surface area contributed by atoms with E-state index in [4.69, 9.17) is 0 Å². The predicted octanol–water partition coefficient (Wildman–Crippen LogP) is -0.0940. The van der Waals surface area contributed by atoms with Crippen LogP contribution in [0.3, 0.4) is 0 Å². The maximum Gasteiger partial charge on any atom is 0.285 e. The van der Waals surface area contributed by atoms with E-state index >= 15 is 0 Å². The van der Waals surface area contributed by atoms with Gasteiger partial charge in [-0.05, 0) is 13.3 Å². The summed E-state index contributed by atoms with van der Waals surface area (Å²) >= 11 is 0. The molecule has 2 nitrogen and oxygen atoms in total. The fourth-order valence-electron chi connectivity index (χ4n) is 0.403. The standard InChI is InChI=1S/C5H9BO2/c1-3-5(8)6-4(2)7/h6H,3H2,1-2H3. The lowest BCUT2D eigenvalue weighted by atomic mass is 9.68. The highest BCUT2D eigenvalue weighted by Gasteiger charge is 2.03. The summed E-state index contributed by atoms with van der Waals surface area (Å²) in [6.07, 6.45) is 0.472. The molecule has 3 heteroatoms. The van der Waals surface area contributed by atoms with Gasteiger partial charge in [0.2, 0.25) is 0 Å². The molecular weight excluding hydrogens is 103 g/mol. The molecule has 0 radical (unpaired) electrons. The van der Waals surface area contributed by atoms with Gasteiger partial charge in [0.05, 0.1) is 11.4 Å². The fourth-order valence-corrected chi connectivity index (χ4v) is 0.403. The van der Waals surface area contributed by atoms with E-state index in [1.54, 1.807) is 6.92 Å². The quantitative estimate of drug-likeness (QED) is 0.478. The second-order valence-electron chi connectivity index (χ2n) is 1.77. The summed E-state index contributed by atoms with van der Waals surface area (Å²) in [6.45, 7) is 3.18. The zero-order chi connectivity index (χ0) is 6.57. The second-order valence-corrected chi connectivity index (χ2v) is 1.77. The van der Waals surface area contributed by atoms with Gasteiger partial charge in [0.15, 0.2) is 0 Å². The molecule has 8 heavy (non-hydrogen) atoms. The molecule has 0 bridgehead atoms. The zero-order valence-corrected chi connectivity index (χ0v) is 5.23. The second kappa shape index (κ2) is 3.41. The number of carbonyl (C=O) groups excluding carboxylic acids is 2. The van der Waals surface area contributed by atoms with Gasteiger partial charge in [0.25, 0.3) is 7.28 Å². The number of rotatable bonds is 3. The summed E-state index contributed by atoms with van der Waals surface area (Å²) in [6, 6.07) is 0. The van der Waals surface area contributed by atoms with E-state index < -0.39 is 0 Å². The minimum absolute atomic E-state index is 0.0255. The summed E-state index contributed by atoms with van der Waals surface area (Å²) in [7, 11) is 0.108. The molecule has 0 rings (SSSR count).